The highest BCUT2D eigenvalue weighted by Gasteiger charge is 2.15. The van der Waals surface area contributed by atoms with E-state index in [1.165, 1.54) is 5.56 Å². The molecule has 1 aliphatic heterocycles. The molecule has 1 aliphatic rings. The highest BCUT2D eigenvalue weighted by molar-refractivity contribution is 5.85. The number of rotatable bonds is 5. The average molecular weight is 339 g/mol. The van der Waals surface area contributed by atoms with Gasteiger partial charge < -0.3 is 14.6 Å². The maximum Gasteiger partial charge on any atom is 0.223 e. The van der Waals surface area contributed by atoms with Crippen LogP contribution in [-0.2, 0) is 13.2 Å². The van der Waals surface area contributed by atoms with Gasteiger partial charge in [0.2, 0.25) is 11.7 Å². The van der Waals surface area contributed by atoms with Crippen molar-refractivity contribution in [2.24, 2.45) is 0 Å². The van der Waals surface area contributed by atoms with Crippen molar-refractivity contribution in [1.82, 2.24) is 20.4 Å². The van der Waals surface area contributed by atoms with Gasteiger partial charge in [0.1, 0.15) is 5.75 Å². The number of piperazine rings is 1. The molecule has 1 fully saturated rings. The summed E-state index contributed by atoms with van der Waals surface area (Å²) in [6.07, 6.45) is 0. The van der Waals surface area contributed by atoms with Crippen LogP contribution in [0.3, 0.4) is 0 Å². The van der Waals surface area contributed by atoms with Crippen LogP contribution in [0.15, 0.2) is 28.8 Å². The number of hydrogen-bond donors (Lipinski definition) is 1. The molecule has 0 saturated carbocycles. The van der Waals surface area contributed by atoms with Gasteiger partial charge in [-0.05, 0) is 24.6 Å². The first-order valence-corrected chi connectivity index (χ1v) is 7.66. The van der Waals surface area contributed by atoms with Crippen molar-refractivity contribution in [3.8, 4) is 5.75 Å². The number of aromatic nitrogens is 2. The Morgan fingerprint density at radius 3 is 2.78 bits per heavy atom. The summed E-state index contributed by atoms with van der Waals surface area (Å²) in [6.45, 7) is 8.55. The van der Waals surface area contributed by atoms with Gasteiger partial charge in [-0.25, -0.2) is 0 Å². The molecule has 2 aromatic rings. The zero-order valence-electron chi connectivity index (χ0n) is 13.5. The molecule has 0 spiro atoms. The first-order valence-electron chi connectivity index (χ1n) is 7.66. The van der Waals surface area contributed by atoms with Crippen molar-refractivity contribution in [3.63, 3.8) is 0 Å². The number of halogens is 1. The van der Waals surface area contributed by atoms with Gasteiger partial charge in [0.05, 0.1) is 0 Å². The second-order valence-electron chi connectivity index (χ2n) is 5.75. The molecule has 3 rings (SSSR count). The van der Waals surface area contributed by atoms with Crippen LogP contribution >= 0.6 is 12.4 Å². The summed E-state index contributed by atoms with van der Waals surface area (Å²) >= 11 is 0. The van der Waals surface area contributed by atoms with Crippen LogP contribution in [0.25, 0.3) is 0 Å². The fourth-order valence-electron chi connectivity index (χ4n) is 2.65. The molecule has 0 unspecified atom stereocenters. The van der Waals surface area contributed by atoms with Crippen molar-refractivity contribution in [2.45, 2.75) is 33.0 Å². The number of benzene rings is 1. The van der Waals surface area contributed by atoms with Crippen molar-refractivity contribution in [2.75, 3.05) is 19.6 Å². The predicted octanol–water partition coefficient (Wildman–Crippen LogP) is 2.17. The van der Waals surface area contributed by atoms with E-state index >= 15 is 0 Å². The lowest BCUT2D eigenvalue weighted by Crippen LogP contribution is -2.48. The SMILES string of the molecule is Cc1nc(COc2ccc(CN3CCN[C@H](C)C3)cc2)no1.Cl. The fourth-order valence-corrected chi connectivity index (χ4v) is 2.65. The number of nitrogens with one attached hydrogen (secondary N) is 1. The number of ether oxygens (including phenoxy) is 1. The monoisotopic (exact) mass is 338 g/mol. The first kappa shape index (κ1) is 17.7. The summed E-state index contributed by atoms with van der Waals surface area (Å²) in [5, 5.41) is 7.27. The van der Waals surface area contributed by atoms with E-state index in [0.717, 1.165) is 31.9 Å². The van der Waals surface area contributed by atoms with E-state index in [9.17, 15) is 0 Å². The summed E-state index contributed by atoms with van der Waals surface area (Å²) in [5.74, 6) is 1.94. The van der Waals surface area contributed by atoms with Crippen LogP contribution in [0.4, 0.5) is 0 Å². The zero-order chi connectivity index (χ0) is 15.4. The largest absolute Gasteiger partial charge is 0.485 e. The van der Waals surface area contributed by atoms with Crippen LogP contribution in [0.5, 0.6) is 5.75 Å². The summed E-state index contributed by atoms with van der Waals surface area (Å²) in [4.78, 5) is 6.58. The van der Waals surface area contributed by atoms with Gasteiger partial charge in [-0.2, -0.15) is 4.98 Å². The molecule has 0 bridgehead atoms. The van der Waals surface area contributed by atoms with E-state index in [-0.39, 0.29) is 12.4 Å². The third kappa shape index (κ3) is 5.20. The highest BCUT2D eigenvalue weighted by atomic mass is 35.5. The summed E-state index contributed by atoms with van der Waals surface area (Å²) in [7, 11) is 0. The molecular weight excluding hydrogens is 316 g/mol. The second kappa shape index (κ2) is 8.29. The number of aryl methyl sites for hydroxylation is 1. The van der Waals surface area contributed by atoms with Gasteiger partial charge in [0.25, 0.3) is 0 Å². The lowest BCUT2D eigenvalue weighted by Gasteiger charge is -2.31. The molecular formula is C16H23ClN4O2. The summed E-state index contributed by atoms with van der Waals surface area (Å²) in [6, 6.07) is 8.78. The van der Waals surface area contributed by atoms with E-state index in [2.05, 4.69) is 39.4 Å². The van der Waals surface area contributed by atoms with Crippen molar-refractivity contribution in [1.29, 1.82) is 0 Å². The topological polar surface area (TPSA) is 63.4 Å². The molecule has 126 valence electrons. The standard InChI is InChI=1S/C16H22N4O2.ClH/c1-12-9-20(8-7-17-12)10-14-3-5-15(6-4-14)21-11-16-18-13(2)22-19-16;/h3-6,12,17H,7-11H2,1-2H3;1H/t12-;/m1./s1. The Kier molecular flexibility index (Phi) is 6.38. The van der Waals surface area contributed by atoms with Crippen molar-refractivity contribution < 1.29 is 9.26 Å². The maximum atomic E-state index is 5.66. The van der Waals surface area contributed by atoms with Gasteiger partial charge in [-0.1, -0.05) is 17.3 Å². The summed E-state index contributed by atoms with van der Waals surface area (Å²) in [5.41, 5.74) is 1.30. The van der Waals surface area contributed by atoms with Crippen molar-refractivity contribution in [3.05, 3.63) is 41.5 Å². The Hall–Kier alpha value is -1.63. The van der Waals surface area contributed by atoms with Gasteiger partial charge in [-0.15, -0.1) is 12.4 Å². The molecule has 0 radical (unpaired) electrons. The smallest absolute Gasteiger partial charge is 0.223 e. The predicted molar refractivity (Wildman–Crippen MR) is 89.8 cm³/mol. The number of nitrogens with zero attached hydrogens (tertiary/aromatic N) is 3. The van der Waals surface area contributed by atoms with Crippen LogP contribution in [0, 0.1) is 6.92 Å². The Bertz CT molecular complexity index is 602. The minimum Gasteiger partial charge on any atom is -0.485 e. The molecule has 1 saturated heterocycles. The minimum absolute atomic E-state index is 0. The van der Waals surface area contributed by atoms with E-state index in [0.29, 0.717) is 24.4 Å². The Morgan fingerprint density at radius 2 is 2.13 bits per heavy atom. The normalized spacial score (nSPS) is 18.4. The first-order chi connectivity index (χ1) is 10.7. The number of hydrogen-bond acceptors (Lipinski definition) is 6. The third-order valence-corrected chi connectivity index (χ3v) is 3.72. The van der Waals surface area contributed by atoms with Crippen LogP contribution < -0.4 is 10.1 Å². The fraction of sp³-hybridized carbons (Fsp3) is 0.500. The van der Waals surface area contributed by atoms with Crippen molar-refractivity contribution >= 4 is 12.4 Å². The van der Waals surface area contributed by atoms with E-state index in [1.807, 2.05) is 12.1 Å². The molecule has 2 heterocycles. The lowest BCUT2D eigenvalue weighted by molar-refractivity contribution is 0.199. The molecule has 7 heteroatoms. The third-order valence-electron chi connectivity index (χ3n) is 3.72. The maximum absolute atomic E-state index is 5.66. The van der Waals surface area contributed by atoms with E-state index < -0.39 is 0 Å². The lowest BCUT2D eigenvalue weighted by atomic mass is 10.1. The molecule has 23 heavy (non-hydrogen) atoms. The molecule has 1 atom stereocenters. The van der Waals surface area contributed by atoms with Crippen LogP contribution in [-0.4, -0.2) is 40.7 Å². The molecule has 1 aromatic carbocycles. The molecule has 1 aromatic heterocycles. The quantitative estimate of drug-likeness (QED) is 0.901. The van der Waals surface area contributed by atoms with Gasteiger partial charge in [0, 0.05) is 39.1 Å². The molecule has 6 nitrogen and oxygen atoms in total. The molecule has 1 N–H and O–H groups in total. The highest BCUT2D eigenvalue weighted by Crippen LogP contribution is 2.15. The van der Waals surface area contributed by atoms with Gasteiger partial charge >= 0.3 is 0 Å². The van der Waals surface area contributed by atoms with E-state index in [4.69, 9.17) is 9.26 Å². The van der Waals surface area contributed by atoms with E-state index in [1.54, 1.807) is 6.92 Å². The summed E-state index contributed by atoms with van der Waals surface area (Å²) < 4.78 is 10.6. The Balaban J connectivity index is 0.00000192. The van der Waals surface area contributed by atoms with Gasteiger partial charge in [-0.3, -0.25) is 4.90 Å². The average Bonchev–Trinajstić information content (AvgIpc) is 2.92. The molecule has 0 aliphatic carbocycles. The molecule has 0 amide bonds. The Morgan fingerprint density at radius 1 is 1.35 bits per heavy atom. The Labute approximate surface area is 142 Å². The van der Waals surface area contributed by atoms with Crippen LogP contribution in [0.2, 0.25) is 0 Å². The minimum atomic E-state index is 0. The zero-order valence-corrected chi connectivity index (χ0v) is 14.3. The van der Waals surface area contributed by atoms with Gasteiger partial charge in [0.15, 0.2) is 6.61 Å². The van der Waals surface area contributed by atoms with Crippen LogP contribution in [0.1, 0.15) is 24.2 Å². The second-order valence-corrected chi connectivity index (χ2v) is 5.75.